The minimum atomic E-state index is -0.580. The van der Waals surface area contributed by atoms with Crippen molar-refractivity contribution in [2.45, 2.75) is 38.9 Å². The molecule has 0 aromatic heterocycles. The predicted octanol–water partition coefficient (Wildman–Crippen LogP) is 4.57. The third-order valence-corrected chi connectivity index (χ3v) is 6.41. The van der Waals surface area contributed by atoms with Crippen LogP contribution in [-0.2, 0) is 18.8 Å². The second-order valence-corrected chi connectivity index (χ2v) is 9.28. The fourth-order valence-electron chi connectivity index (χ4n) is 3.15. The van der Waals surface area contributed by atoms with Gasteiger partial charge in [-0.2, -0.15) is 0 Å². The molecule has 0 aliphatic carbocycles. The summed E-state index contributed by atoms with van der Waals surface area (Å²) in [6.45, 7) is 7.87. The molecule has 2 aromatic carbocycles. The van der Waals surface area contributed by atoms with Crippen molar-refractivity contribution < 1.29 is 37.8 Å². The van der Waals surface area contributed by atoms with Crippen LogP contribution in [0.3, 0.4) is 0 Å². The van der Waals surface area contributed by atoms with Crippen molar-refractivity contribution >= 4 is 47.7 Å². The maximum absolute atomic E-state index is 11.8. The van der Waals surface area contributed by atoms with Crippen LogP contribution in [0, 0.1) is 0 Å². The Balaban J connectivity index is 0.000000283. The molecular formula is C24H29BCl2O8. The van der Waals surface area contributed by atoms with Crippen LogP contribution in [-0.4, -0.2) is 58.7 Å². The Labute approximate surface area is 215 Å². The second kappa shape index (κ2) is 11.5. The molecule has 1 heterocycles. The summed E-state index contributed by atoms with van der Waals surface area (Å²) in [7, 11) is 4.94. The molecule has 0 amide bonds. The highest BCUT2D eigenvalue weighted by molar-refractivity contribution is 6.62. The fourth-order valence-corrected chi connectivity index (χ4v) is 3.69. The van der Waals surface area contributed by atoms with Crippen molar-refractivity contribution in [3.63, 3.8) is 0 Å². The Bertz CT molecular complexity index is 1070. The number of carbonyl (C=O) groups excluding carboxylic acids is 2. The third-order valence-electron chi connectivity index (χ3n) is 5.80. The summed E-state index contributed by atoms with van der Waals surface area (Å²) in [4.78, 5) is 23.0. The van der Waals surface area contributed by atoms with Crippen molar-refractivity contribution in [1.82, 2.24) is 0 Å². The highest BCUT2D eigenvalue weighted by Gasteiger charge is 2.52. The van der Waals surface area contributed by atoms with Crippen molar-refractivity contribution in [1.29, 1.82) is 0 Å². The van der Waals surface area contributed by atoms with E-state index in [1.54, 1.807) is 30.3 Å². The molecule has 3 rings (SSSR count). The van der Waals surface area contributed by atoms with Crippen LogP contribution in [0.25, 0.3) is 0 Å². The standard InChI is InChI=1S/C15H20BClO5.C9H9ClO3/c1-14(2)15(3,4)22-16(21-14)9-7-10(17)12(13(18)20-6)11(8-9)19-5;1-12-7-5-3-4-6(10)8(7)9(11)13-2/h7-8H,1-6H3;3-5H,1-2H3. The molecule has 1 fully saturated rings. The summed E-state index contributed by atoms with van der Waals surface area (Å²) in [5.41, 5.74) is 0.214. The average molecular weight is 527 g/mol. The van der Waals surface area contributed by atoms with Gasteiger partial charge in [-0.1, -0.05) is 29.3 Å². The molecule has 0 radical (unpaired) electrons. The Morgan fingerprint density at radius 1 is 0.771 bits per heavy atom. The number of hydrogen-bond donors (Lipinski definition) is 0. The van der Waals surface area contributed by atoms with E-state index in [2.05, 4.69) is 4.74 Å². The molecule has 2 aromatic rings. The Morgan fingerprint density at radius 3 is 1.71 bits per heavy atom. The first-order valence-electron chi connectivity index (χ1n) is 10.6. The number of hydrogen-bond acceptors (Lipinski definition) is 8. The van der Waals surface area contributed by atoms with Crippen molar-refractivity contribution in [3.8, 4) is 11.5 Å². The molecule has 190 valence electrons. The lowest BCUT2D eigenvalue weighted by atomic mass is 9.78. The van der Waals surface area contributed by atoms with Crippen molar-refractivity contribution in [2.24, 2.45) is 0 Å². The first-order valence-corrected chi connectivity index (χ1v) is 11.3. The van der Waals surface area contributed by atoms with E-state index in [0.717, 1.165) is 0 Å². The number of halogens is 2. The smallest absolute Gasteiger partial charge is 0.495 e. The molecule has 1 aliphatic rings. The van der Waals surface area contributed by atoms with Gasteiger partial charge in [0, 0.05) is 0 Å². The normalized spacial score (nSPS) is 15.5. The van der Waals surface area contributed by atoms with Gasteiger partial charge in [0.1, 0.15) is 22.6 Å². The molecule has 0 unspecified atom stereocenters. The van der Waals surface area contributed by atoms with Gasteiger partial charge >= 0.3 is 19.1 Å². The molecule has 1 aliphatic heterocycles. The zero-order valence-corrected chi connectivity index (χ0v) is 22.5. The van der Waals surface area contributed by atoms with Crippen LogP contribution in [0.2, 0.25) is 10.0 Å². The minimum absolute atomic E-state index is 0.187. The number of carbonyl (C=O) groups is 2. The van der Waals surface area contributed by atoms with Gasteiger partial charge in [0.05, 0.1) is 49.7 Å². The van der Waals surface area contributed by atoms with Crippen LogP contribution in [0.5, 0.6) is 11.5 Å². The van der Waals surface area contributed by atoms with Crippen LogP contribution in [0.1, 0.15) is 48.4 Å². The van der Waals surface area contributed by atoms with Gasteiger partial charge in [-0.15, -0.1) is 0 Å². The van der Waals surface area contributed by atoms with E-state index in [1.807, 2.05) is 27.7 Å². The third kappa shape index (κ3) is 6.22. The number of benzene rings is 2. The number of ether oxygens (including phenoxy) is 4. The largest absolute Gasteiger partial charge is 0.496 e. The van der Waals surface area contributed by atoms with Crippen molar-refractivity contribution in [2.75, 3.05) is 28.4 Å². The molecule has 0 spiro atoms. The van der Waals surface area contributed by atoms with Gasteiger partial charge in [-0.3, -0.25) is 0 Å². The summed E-state index contributed by atoms with van der Waals surface area (Å²) >= 11 is 12.0. The molecule has 0 atom stereocenters. The van der Waals surface area contributed by atoms with Gasteiger partial charge in [0.25, 0.3) is 0 Å². The van der Waals surface area contributed by atoms with E-state index in [0.29, 0.717) is 22.0 Å². The average Bonchev–Trinajstić information content (AvgIpc) is 3.04. The zero-order valence-electron chi connectivity index (χ0n) is 21.0. The van der Waals surface area contributed by atoms with Gasteiger partial charge in [-0.25, -0.2) is 9.59 Å². The Hall–Kier alpha value is -2.46. The monoisotopic (exact) mass is 526 g/mol. The lowest BCUT2D eigenvalue weighted by Crippen LogP contribution is -2.41. The lowest BCUT2D eigenvalue weighted by molar-refractivity contribution is 0.00578. The van der Waals surface area contributed by atoms with Gasteiger partial charge in [-0.05, 0) is 57.4 Å². The molecule has 35 heavy (non-hydrogen) atoms. The fraction of sp³-hybridized carbons (Fsp3) is 0.417. The minimum Gasteiger partial charge on any atom is -0.496 e. The van der Waals surface area contributed by atoms with Gasteiger partial charge in [0.15, 0.2) is 0 Å². The van der Waals surface area contributed by atoms with Crippen LogP contribution < -0.4 is 14.9 Å². The number of methoxy groups -OCH3 is 4. The van der Waals surface area contributed by atoms with E-state index in [4.69, 9.17) is 46.7 Å². The lowest BCUT2D eigenvalue weighted by Gasteiger charge is -2.32. The van der Waals surface area contributed by atoms with Gasteiger partial charge < -0.3 is 28.3 Å². The van der Waals surface area contributed by atoms with E-state index in [-0.39, 0.29) is 16.1 Å². The first kappa shape index (κ1) is 28.8. The first-order chi connectivity index (χ1) is 16.3. The molecule has 0 N–H and O–H groups in total. The maximum Gasteiger partial charge on any atom is 0.495 e. The summed E-state index contributed by atoms with van der Waals surface area (Å²) < 4.78 is 31.5. The molecule has 8 nitrogen and oxygen atoms in total. The molecule has 0 bridgehead atoms. The molecule has 11 heteroatoms. The Kier molecular flexibility index (Phi) is 9.47. The van der Waals surface area contributed by atoms with E-state index >= 15 is 0 Å². The number of esters is 2. The summed E-state index contributed by atoms with van der Waals surface area (Å²) in [6.07, 6.45) is 0. The summed E-state index contributed by atoms with van der Waals surface area (Å²) in [5.74, 6) is -0.312. The van der Waals surface area contributed by atoms with E-state index < -0.39 is 30.3 Å². The van der Waals surface area contributed by atoms with Crippen molar-refractivity contribution in [3.05, 3.63) is 51.5 Å². The van der Waals surface area contributed by atoms with Gasteiger partial charge in [0.2, 0.25) is 0 Å². The van der Waals surface area contributed by atoms with E-state index in [9.17, 15) is 9.59 Å². The SMILES string of the molecule is COC(=O)c1c(Cl)cc(B2OC(C)(C)C(C)(C)O2)cc1OC.COC(=O)c1c(Cl)cccc1OC. The van der Waals surface area contributed by atoms with Crippen LogP contribution >= 0.6 is 23.2 Å². The second-order valence-electron chi connectivity index (χ2n) is 8.47. The summed E-state index contributed by atoms with van der Waals surface area (Å²) in [6, 6.07) is 8.28. The van der Waals surface area contributed by atoms with Crippen LogP contribution in [0.15, 0.2) is 30.3 Å². The number of rotatable bonds is 5. The highest BCUT2D eigenvalue weighted by atomic mass is 35.5. The molecule has 0 saturated carbocycles. The maximum atomic E-state index is 11.8. The predicted molar refractivity (Wildman–Crippen MR) is 134 cm³/mol. The molecular weight excluding hydrogens is 498 g/mol. The summed E-state index contributed by atoms with van der Waals surface area (Å²) in [5, 5.41) is 0.558. The van der Waals surface area contributed by atoms with Crippen LogP contribution in [0.4, 0.5) is 0 Å². The Morgan fingerprint density at radius 2 is 1.26 bits per heavy atom. The zero-order chi connectivity index (χ0) is 26.6. The highest BCUT2D eigenvalue weighted by Crippen LogP contribution is 2.37. The quantitative estimate of drug-likeness (QED) is 0.413. The topological polar surface area (TPSA) is 89.5 Å². The van der Waals surface area contributed by atoms with E-state index in [1.165, 1.54) is 28.4 Å². The molecule has 1 saturated heterocycles.